The van der Waals surface area contributed by atoms with E-state index in [2.05, 4.69) is 40.3 Å². The van der Waals surface area contributed by atoms with Gasteiger partial charge in [-0.3, -0.25) is 4.98 Å². The van der Waals surface area contributed by atoms with Gasteiger partial charge in [0.1, 0.15) is 0 Å². The second-order valence-electron chi connectivity index (χ2n) is 4.25. The van der Waals surface area contributed by atoms with Gasteiger partial charge in [-0.15, -0.1) is 0 Å². The van der Waals surface area contributed by atoms with Crippen LogP contribution in [0.4, 0.5) is 17.1 Å². The predicted molar refractivity (Wildman–Crippen MR) is 73.0 cm³/mol. The fourth-order valence-corrected chi connectivity index (χ4v) is 1.61. The molecule has 2 rings (SSSR count). The molecule has 0 aliphatic heterocycles. The van der Waals surface area contributed by atoms with Crippen molar-refractivity contribution in [2.24, 2.45) is 0 Å². The molecule has 0 saturated carbocycles. The van der Waals surface area contributed by atoms with Gasteiger partial charge in [0.2, 0.25) is 0 Å². The van der Waals surface area contributed by atoms with Crippen molar-refractivity contribution < 1.29 is 0 Å². The van der Waals surface area contributed by atoms with E-state index < -0.39 is 0 Å². The lowest BCUT2D eigenvalue weighted by molar-refractivity contribution is 1.13. The smallest absolute Gasteiger partial charge is 0.0434 e. The summed E-state index contributed by atoms with van der Waals surface area (Å²) in [5, 5.41) is 3.40. The van der Waals surface area contributed by atoms with Gasteiger partial charge in [-0.2, -0.15) is 0 Å². The van der Waals surface area contributed by atoms with E-state index in [-0.39, 0.29) is 0 Å². The lowest BCUT2D eigenvalue weighted by atomic mass is 10.1. The van der Waals surface area contributed by atoms with Crippen LogP contribution < -0.4 is 10.2 Å². The first kappa shape index (κ1) is 11.5. The molecule has 0 unspecified atom stereocenters. The van der Waals surface area contributed by atoms with Gasteiger partial charge >= 0.3 is 0 Å². The summed E-state index contributed by atoms with van der Waals surface area (Å²) in [6.07, 6.45) is 3.57. The largest absolute Gasteiger partial charge is 0.378 e. The SMILES string of the molecule is Cc1ccc(N(C)C)cc1Nc1ccncc1. The highest BCUT2D eigenvalue weighted by molar-refractivity contribution is 5.67. The van der Waals surface area contributed by atoms with Crippen LogP contribution >= 0.6 is 0 Å². The Morgan fingerprint density at radius 2 is 1.76 bits per heavy atom. The molecule has 88 valence electrons. The predicted octanol–water partition coefficient (Wildman–Crippen LogP) is 3.20. The number of nitrogens with zero attached hydrogens (tertiary/aromatic N) is 2. The Morgan fingerprint density at radius 3 is 2.41 bits per heavy atom. The summed E-state index contributed by atoms with van der Waals surface area (Å²) in [7, 11) is 4.09. The molecule has 1 aromatic carbocycles. The molecular formula is C14H17N3. The Labute approximate surface area is 102 Å². The molecule has 0 fully saturated rings. The first-order chi connectivity index (χ1) is 8.16. The van der Waals surface area contributed by atoms with E-state index in [1.807, 2.05) is 26.2 Å². The molecule has 0 bridgehead atoms. The van der Waals surface area contributed by atoms with Gasteiger partial charge in [0.25, 0.3) is 0 Å². The molecule has 1 aromatic heterocycles. The zero-order valence-electron chi connectivity index (χ0n) is 10.4. The zero-order valence-corrected chi connectivity index (χ0v) is 10.4. The second kappa shape index (κ2) is 4.87. The summed E-state index contributed by atoms with van der Waals surface area (Å²) in [5.74, 6) is 0. The number of hydrogen-bond donors (Lipinski definition) is 1. The van der Waals surface area contributed by atoms with Crippen LogP contribution in [0.25, 0.3) is 0 Å². The number of aryl methyl sites for hydroxylation is 1. The Hall–Kier alpha value is -2.03. The molecule has 0 amide bonds. The first-order valence-corrected chi connectivity index (χ1v) is 5.62. The fourth-order valence-electron chi connectivity index (χ4n) is 1.61. The first-order valence-electron chi connectivity index (χ1n) is 5.62. The summed E-state index contributed by atoms with van der Waals surface area (Å²) in [6.45, 7) is 2.10. The van der Waals surface area contributed by atoms with E-state index in [1.165, 1.54) is 11.3 Å². The Morgan fingerprint density at radius 1 is 1.06 bits per heavy atom. The van der Waals surface area contributed by atoms with E-state index >= 15 is 0 Å². The van der Waals surface area contributed by atoms with E-state index in [1.54, 1.807) is 12.4 Å². The van der Waals surface area contributed by atoms with E-state index in [9.17, 15) is 0 Å². The maximum Gasteiger partial charge on any atom is 0.0434 e. The minimum absolute atomic E-state index is 1.05. The van der Waals surface area contributed by atoms with Crippen LogP contribution in [0, 0.1) is 6.92 Å². The quantitative estimate of drug-likeness (QED) is 0.872. The van der Waals surface area contributed by atoms with Crippen LogP contribution in [0.3, 0.4) is 0 Å². The van der Waals surface area contributed by atoms with Gasteiger partial charge in [-0.05, 0) is 36.8 Å². The third-order valence-corrected chi connectivity index (χ3v) is 2.70. The number of rotatable bonds is 3. The molecule has 0 radical (unpaired) electrons. The molecule has 0 saturated heterocycles. The third-order valence-electron chi connectivity index (χ3n) is 2.70. The molecule has 0 aliphatic carbocycles. The van der Waals surface area contributed by atoms with Gasteiger partial charge in [0.05, 0.1) is 0 Å². The molecular weight excluding hydrogens is 210 g/mol. The molecule has 0 spiro atoms. The summed E-state index contributed by atoms with van der Waals surface area (Å²) in [6, 6.07) is 10.3. The molecule has 3 heteroatoms. The second-order valence-corrected chi connectivity index (χ2v) is 4.25. The standard InChI is InChI=1S/C14H17N3/c1-11-4-5-13(17(2)3)10-14(11)16-12-6-8-15-9-7-12/h4-10H,1-3H3,(H,15,16). The lowest BCUT2D eigenvalue weighted by Crippen LogP contribution is -2.09. The number of hydrogen-bond acceptors (Lipinski definition) is 3. The number of anilines is 3. The Bertz CT molecular complexity index is 492. The van der Waals surface area contributed by atoms with Crippen LogP contribution in [-0.4, -0.2) is 19.1 Å². The molecule has 17 heavy (non-hydrogen) atoms. The normalized spacial score (nSPS) is 10.1. The molecule has 3 nitrogen and oxygen atoms in total. The van der Waals surface area contributed by atoms with Crippen molar-refractivity contribution in [1.29, 1.82) is 0 Å². The van der Waals surface area contributed by atoms with Crippen LogP contribution in [0.1, 0.15) is 5.56 Å². The van der Waals surface area contributed by atoms with Gasteiger partial charge in [-0.25, -0.2) is 0 Å². The summed E-state index contributed by atoms with van der Waals surface area (Å²) in [4.78, 5) is 6.10. The van der Waals surface area contributed by atoms with Crippen molar-refractivity contribution in [3.63, 3.8) is 0 Å². The van der Waals surface area contributed by atoms with Gasteiger partial charge in [0, 0.05) is 43.6 Å². The van der Waals surface area contributed by atoms with Crippen LogP contribution in [0.5, 0.6) is 0 Å². The lowest BCUT2D eigenvalue weighted by Gasteiger charge is -2.16. The van der Waals surface area contributed by atoms with Crippen LogP contribution in [0.15, 0.2) is 42.7 Å². The zero-order chi connectivity index (χ0) is 12.3. The van der Waals surface area contributed by atoms with Crippen molar-refractivity contribution in [2.45, 2.75) is 6.92 Å². The number of benzene rings is 1. The minimum Gasteiger partial charge on any atom is -0.378 e. The summed E-state index contributed by atoms with van der Waals surface area (Å²) >= 11 is 0. The minimum atomic E-state index is 1.05. The van der Waals surface area contributed by atoms with Gasteiger partial charge in [0.15, 0.2) is 0 Å². The van der Waals surface area contributed by atoms with Crippen LogP contribution in [0.2, 0.25) is 0 Å². The van der Waals surface area contributed by atoms with Crippen molar-refractivity contribution in [1.82, 2.24) is 4.98 Å². The van der Waals surface area contributed by atoms with Crippen molar-refractivity contribution in [3.8, 4) is 0 Å². The maximum absolute atomic E-state index is 4.01. The van der Waals surface area contributed by atoms with Gasteiger partial charge in [-0.1, -0.05) is 6.07 Å². The molecule has 1 heterocycles. The van der Waals surface area contributed by atoms with Crippen LogP contribution in [-0.2, 0) is 0 Å². The Kier molecular flexibility index (Phi) is 3.28. The molecule has 2 aromatic rings. The molecule has 0 atom stereocenters. The average molecular weight is 227 g/mol. The number of pyridine rings is 1. The number of nitrogens with one attached hydrogen (secondary N) is 1. The monoisotopic (exact) mass is 227 g/mol. The van der Waals surface area contributed by atoms with E-state index in [4.69, 9.17) is 0 Å². The fraction of sp³-hybridized carbons (Fsp3) is 0.214. The molecule has 0 aliphatic rings. The van der Waals surface area contributed by atoms with Crippen molar-refractivity contribution in [3.05, 3.63) is 48.3 Å². The highest BCUT2D eigenvalue weighted by Crippen LogP contribution is 2.24. The third kappa shape index (κ3) is 2.75. The van der Waals surface area contributed by atoms with Crippen molar-refractivity contribution >= 4 is 17.1 Å². The average Bonchev–Trinajstić information content (AvgIpc) is 2.33. The summed E-state index contributed by atoms with van der Waals surface area (Å²) in [5.41, 5.74) is 4.60. The van der Waals surface area contributed by atoms with Crippen molar-refractivity contribution in [2.75, 3.05) is 24.3 Å². The van der Waals surface area contributed by atoms with Gasteiger partial charge < -0.3 is 10.2 Å². The Balaban J connectivity index is 2.29. The van der Waals surface area contributed by atoms with E-state index in [0.717, 1.165) is 11.4 Å². The highest BCUT2D eigenvalue weighted by Gasteiger charge is 2.02. The maximum atomic E-state index is 4.01. The molecule has 1 N–H and O–H groups in total. The highest BCUT2D eigenvalue weighted by atomic mass is 15.1. The number of aromatic nitrogens is 1. The summed E-state index contributed by atoms with van der Waals surface area (Å²) < 4.78 is 0. The topological polar surface area (TPSA) is 28.2 Å². The van der Waals surface area contributed by atoms with E-state index in [0.29, 0.717) is 0 Å².